The Bertz CT molecular complexity index is 600. The van der Waals surface area contributed by atoms with Gasteiger partial charge in [-0.2, -0.15) is 17.5 Å². The number of alkyl halides is 3. The molecule has 1 heterocycles. The zero-order chi connectivity index (χ0) is 16.3. The van der Waals surface area contributed by atoms with Crippen LogP contribution in [0.3, 0.4) is 0 Å². The van der Waals surface area contributed by atoms with Crippen LogP contribution in [0.25, 0.3) is 0 Å². The number of halogens is 3. The highest BCUT2D eigenvalue weighted by molar-refractivity contribution is 7.89. The van der Waals surface area contributed by atoms with Crippen LogP contribution < -0.4 is 5.73 Å². The molecule has 0 amide bonds. The number of nitrogens with two attached hydrogens (primary N) is 1. The van der Waals surface area contributed by atoms with Gasteiger partial charge in [-0.15, -0.1) is 0 Å². The summed E-state index contributed by atoms with van der Waals surface area (Å²) < 4.78 is 62.3. The van der Waals surface area contributed by atoms with Gasteiger partial charge in [-0.3, -0.25) is 4.98 Å². The summed E-state index contributed by atoms with van der Waals surface area (Å²) in [5.74, 6) is 0. The molecule has 0 fully saturated rings. The second kappa shape index (κ2) is 6.67. The monoisotopic (exact) mass is 341 g/mol. The Balaban J connectivity index is 3.13. The van der Waals surface area contributed by atoms with E-state index in [9.17, 15) is 21.6 Å². The van der Waals surface area contributed by atoms with E-state index in [-0.39, 0.29) is 28.5 Å². The molecule has 0 bridgehead atoms. The molecule has 2 N–H and O–H groups in total. The first-order valence-electron chi connectivity index (χ1n) is 5.90. The molecule has 0 atom stereocenters. The van der Waals surface area contributed by atoms with Crippen molar-refractivity contribution in [2.75, 3.05) is 13.1 Å². The molecule has 5 nitrogen and oxygen atoms in total. The van der Waals surface area contributed by atoms with Crippen molar-refractivity contribution in [2.45, 2.75) is 24.4 Å². The molecule has 0 radical (unpaired) electrons. The molecule has 1 aromatic heterocycles. The maximum atomic E-state index is 12.5. The van der Waals surface area contributed by atoms with Crippen molar-refractivity contribution in [2.24, 2.45) is 5.73 Å². The molecule has 1 rings (SSSR count). The molecule has 0 aromatic carbocycles. The number of thiocarbonyl (C=S) groups is 1. The van der Waals surface area contributed by atoms with E-state index in [1.165, 1.54) is 6.07 Å². The molecule has 0 unspecified atom stereocenters. The first-order valence-corrected chi connectivity index (χ1v) is 7.75. The fourth-order valence-corrected chi connectivity index (χ4v) is 3.15. The van der Waals surface area contributed by atoms with Crippen molar-refractivity contribution in [3.8, 4) is 0 Å². The van der Waals surface area contributed by atoms with E-state index in [0.29, 0.717) is 4.31 Å². The molecular weight excluding hydrogens is 327 g/mol. The molecule has 0 aliphatic carbocycles. The molecule has 0 saturated heterocycles. The summed E-state index contributed by atoms with van der Waals surface area (Å²) >= 11 is 4.67. The van der Waals surface area contributed by atoms with Gasteiger partial charge in [0.05, 0.1) is 5.69 Å². The first-order chi connectivity index (χ1) is 9.58. The quantitative estimate of drug-likeness (QED) is 0.797. The lowest BCUT2D eigenvalue weighted by Crippen LogP contribution is -2.39. The van der Waals surface area contributed by atoms with Crippen LogP contribution in [0.5, 0.6) is 0 Å². The van der Waals surface area contributed by atoms with Crippen LogP contribution in [0.4, 0.5) is 13.2 Å². The lowest BCUT2D eigenvalue weighted by atomic mass is 10.3. The number of hydrogen-bond donors (Lipinski definition) is 1. The molecule has 10 heteroatoms. The van der Waals surface area contributed by atoms with Crippen LogP contribution in [0.15, 0.2) is 23.2 Å². The molecule has 0 spiro atoms. The Kier molecular flexibility index (Phi) is 5.65. The summed E-state index contributed by atoms with van der Waals surface area (Å²) in [6, 6.07) is 2.39. The SMILES string of the molecule is CCCN(CC(F)(F)F)S(=O)(=O)c1ccc(C(N)=S)nc1. The van der Waals surface area contributed by atoms with E-state index in [4.69, 9.17) is 5.73 Å². The van der Waals surface area contributed by atoms with Crippen molar-refractivity contribution < 1.29 is 21.6 Å². The molecule has 0 aliphatic rings. The molecule has 21 heavy (non-hydrogen) atoms. The summed E-state index contributed by atoms with van der Waals surface area (Å²) in [5, 5.41) is 0. The molecule has 118 valence electrons. The second-order valence-electron chi connectivity index (χ2n) is 4.20. The Hall–Kier alpha value is -1.26. The predicted molar refractivity (Wildman–Crippen MR) is 75.2 cm³/mol. The first kappa shape index (κ1) is 17.8. The summed E-state index contributed by atoms with van der Waals surface area (Å²) in [7, 11) is -4.27. The van der Waals surface area contributed by atoms with Crippen LogP contribution in [0.2, 0.25) is 0 Å². The van der Waals surface area contributed by atoms with E-state index < -0.39 is 22.7 Å². The third-order valence-electron chi connectivity index (χ3n) is 2.46. The highest BCUT2D eigenvalue weighted by atomic mass is 32.2. The lowest BCUT2D eigenvalue weighted by Gasteiger charge is -2.22. The summed E-state index contributed by atoms with van der Waals surface area (Å²) in [6.45, 7) is -0.188. The summed E-state index contributed by atoms with van der Waals surface area (Å²) in [6.07, 6.45) is -3.41. The minimum atomic E-state index is -4.62. The fourth-order valence-electron chi connectivity index (χ4n) is 1.56. The largest absolute Gasteiger partial charge is 0.402 e. The normalized spacial score (nSPS) is 12.6. The Morgan fingerprint density at radius 1 is 1.43 bits per heavy atom. The third-order valence-corrected chi connectivity index (χ3v) is 4.49. The maximum absolute atomic E-state index is 12.5. The lowest BCUT2D eigenvalue weighted by molar-refractivity contribution is -0.136. The Labute approximate surface area is 126 Å². The van der Waals surface area contributed by atoms with Crippen molar-refractivity contribution in [3.63, 3.8) is 0 Å². The summed E-state index contributed by atoms with van der Waals surface area (Å²) in [5.41, 5.74) is 5.52. The van der Waals surface area contributed by atoms with Gasteiger partial charge in [0.1, 0.15) is 16.4 Å². The minimum Gasteiger partial charge on any atom is -0.388 e. The van der Waals surface area contributed by atoms with Crippen molar-refractivity contribution >= 4 is 27.2 Å². The number of pyridine rings is 1. The number of rotatable bonds is 6. The molecular formula is C11H14F3N3O2S2. The van der Waals surface area contributed by atoms with Gasteiger partial charge in [0.15, 0.2) is 0 Å². The second-order valence-corrected chi connectivity index (χ2v) is 6.57. The van der Waals surface area contributed by atoms with Gasteiger partial charge in [0.2, 0.25) is 10.0 Å². The van der Waals surface area contributed by atoms with E-state index in [1.807, 2.05) is 0 Å². The zero-order valence-electron chi connectivity index (χ0n) is 11.1. The minimum absolute atomic E-state index is 0.0281. The summed E-state index contributed by atoms with van der Waals surface area (Å²) in [4.78, 5) is 3.37. The van der Waals surface area contributed by atoms with E-state index in [1.54, 1.807) is 6.92 Å². The fraction of sp³-hybridized carbons (Fsp3) is 0.455. The van der Waals surface area contributed by atoms with Crippen LogP contribution in [0, 0.1) is 0 Å². The number of aromatic nitrogens is 1. The van der Waals surface area contributed by atoms with Crippen LogP contribution in [-0.2, 0) is 10.0 Å². The Morgan fingerprint density at radius 2 is 2.05 bits per heavy atom. The molecule has 1 aromatic rings. The number of hydrogen-bond acceptors (Lipinski definition) is 4. The topological polar surface area (TPSA) is 76.3 Å². The van der Waals surface area contributed by atoms with Gasteiger partial charge >= 0.3 is 6.18 Å². The Morgan fingerprint density at radius 3 is 2.43 bits per heavy atom. The number of sulfonamides is 1. The van der Waals surface area contributed by atoms with Gasteiger partial charge in [-0.05, 0) is 18.6 Å². The van der Waals surface area contributed by atoms with Crippen LogP contribution in [0.1, 0.15) is 19.0 Å². The van der Waals surface area contributed by atoms with Crippen LogP contribution >= 0.6 is 12.2 Å². The smallest absolute Gasteiger partial charge is 0.388 e. The van der Waals surface area contributed by atoms with Crippen molar-refractivity contribution in [3.05, 3.63) is 24.0 Å². The highest BCUT2D eigenvalue weighted by Gasteiger charge is 2.36. The predicted octanol–water partition coefficient (Wildman–Crippen LogP) is 1.68. The van der Waals surface area contributed by atoms with Gasteiger partial charge in [-0.25, -0.2) is 8.42 Å². The van der Waals surface area contributed by atoms with Gasteiger partial charge < -0.3 is 5.73 Å². The van der Waals surface area contributed by atoms with E-state index >= 15 is 0 Å². The van der Waals surface area contributed by atoms with Gasteiger partial charge in [0, 0.05) is 12.7 Å². The maximum Gasteiger partial charge on any atom is 0.402 e. The third kappa shape index (κ3) is 4.90. The average Bonchev–Trinajstić information content (AvgIpc) is 2.36. The molecule has 0 saturated carbocycles. The number of nitrogens with zero attached hydrogens (tertiary/aromatic N) is 2. The highest BCUT2D eigenvalue weighted by Crippen LogP contribution is 2.22. The van der Waals surface area contributed by atoms with Gasteiger partial charge in [-0.1, -0.05) is 19.1 Å². The van der Waals surface area contributed by atoms with E-state index in [0.717, 1.165) is 12.3 Å². The van der Waals surface area contributed by atoms with E-state index in [2.05, 4.69) is 17.2 Å². The standard InChI is InChI=1S/C11H14F3N3O2S2/c1-2-5-17(7-11(12,13)14)21(18,19)8-3-4-9(10(15)20)16-6-8/h3-4,6H,2,5,7H2,1H3,(H2,15,20). The van der Waals surface area contributed by atoms with Crippen molar-refractivity contribution in [1.82, 2.24) is 9.29 Å². The van der Waals surface area contributed by atoms with Crippen molar-refractivity contribution in [1.29, 1.82) is 0 Å². The molecule has 0 aliphatic heterocycles. The van der Waals surface area contributed by atoms with Gasteiger partial charge in [0.25, 0.3) is 0 Å². The zero-order valence-corrected chi connectivity index (χ0v) is 12.7. The average molecular weight is 341 g/mol. The van der Waals surface area contributed by atoms with Crippen LogP contribution in [-0.4, -0.2) is 42.0 Å².